The predicted octanol–water partition coefficient (Wildman–Crippen LogP) is 3.19. The maximum atomic E-state index is 12.4. The number of hydrogen-bond donors (Lipinski definition) is 1. The van der Waals surface area contributed by atoms with Crippen LogP contribution in [0.15, 0.2) is 33.9 Å². The molecule has 1 saturated heterocycles. The van der Waals surface area contributed by atoms with Crippen LogP contribution in [0.4, 0.5) is 0 Å². The molecule has 0 aromatic carbocycles. The number of nitrogens with zero attached hydrogens (tertiary/aromatic N) is 2. The summed E-state index contributed by atoms with van der Waals surface area (Å²) in [4.78, 5) is 19.4. The van der Waals surface area contributed by atoms with Crippen LogP contribution in [-0.2, 0) is 11.3 Å². The van der Waals surface area contributed by atoms with Gasteiger partial charge in [-0.3, -0.25) is 9.69 Å². The zero-order valence-electron chi connectivity index (χ0n) is 11.6. The average Bonchev–Trinajstić information content (AvgIpc) is 3.18. The number of thiocarbonyl (C=S) groups is 1. The number of amides is 1. The quantitative estimate of drug-likeness (QED) is 0.673. The minimum absolute atomic E-state index is 0.153. The molecule has 0 saturated carbocycles. The topological polar surface area (TPSA) is 66.6 Å². The fourth-order valence-corrected chi connectivity index (χ4v) is 3.97. The third kappa shape index (κ3) is 3.14. The van der Waals surface area contributed by atoms with Gasteiger partial charge in [0.25, 0.3) is 5.91 Å². The Bertz CT molecular complexity index is 734. The Kier molecular flexibility index (Phi) is 4.44. The Morgan fingerprint density at radius 2 is 2.41 bits per heavy atom. The molecule has 0 radical (unpaired) electrons. The number of carbonyl (C=O) groups excluding carboxylic acids is 1. The molecule has 2 aromatic rings. The first-order chi connectivity index (χ1) is 10.5. The number of carbonyl (C=O) groups is 1. The fraction of sp³-hybridized carbons (Fsp3) is 0.214. The van der Waals surface area contributed by atoms with E-state index in [0.717, 1.165) is 4.88 Å². The van der Waals surface area contributed by atoms with Crippen molar-refractivity contribution in [1.29, 1.82) is 0 Å². The van der Waals surface area contributed by atoms with E-state index in [1.54, 1.807) is 37.6 Å². The second-order valence-electron chi connectivity index (χ2n) is 4.62. The van der Waals surface area contributed by atoms with Crippen molar-refractivity contribution in [1.82, 2.24) is 9.88 Å². The molecular formula is C14H12N2O3S3. The Morgan fingerprint density at radius 3 is 3.05 bits per heavy atom. The van der Waals surface area contributed by atoms with Gasteiger partial charge in [0.2, 0.25) is 0 Å². The van der Waals surface area contributed by atoms with Crippen LogP contribution in [-0.4, -0.2) is 25.2 Å². The first-order valence-electron chi connectivity index (χ1n) is 6.46. The van der Waals surface area contributed by atoms with E-state index >= 15 is 0 Å². The second-order valence-corrected chi connectivity index (χ2v) is 7.39. The summed E-state index contributed by atoms with van der Waals surface area (Å²) in [7, 11) is 0. The molecule has 0 bridgehead atoms. The molecule has 2 aromatic heterocycles. The summed E-state index contributed by atoms with van der Waals surface area (Å²) in [6, 6.07) is 3.58. The molecule has 1 fully saturated rings. The molecule has 0 aliphatic carbocycles. The van der Waals surface area contributed by atoms with Gasteiger partial charge in [-0.05, 0) is 25.1 Å². The van der Waals surface area contributed by atoms with Crippen LogP contribution in [0.5, 0.6) is 0 Å². The molecule has 0 spiro atoms. The van der Waals surface area contributed by atoms with Crippen molar-refractivity contribution in [3.05, 3.63) is 45.1 Å². The summed E-state index contributed by atoms with van der Waals surface area (Å²) in [5.41, 5.74) is 0. The van der Waals surface area contributed by atoms with Crippen molar-refractivity contribution >= 4 is 51.6 Å². The van der Waals surface area contributed by atoms with Crippen LogP contribution in [0.2, 0.25) is 0 Å². The van der Waals surface area contributed by atoms with Gasteiger partial charge in [-0.2, -0.15) is 0 Å². The normalized spacial score (nSPS) is 18.5. The lowest BCUT2D eigenvalue weighted by molar-refractivity contribution is -0.122. The highest BCUT2D eigenvalue weighted by atomic mass is 32.2. The van der Waals surface area contributed by atoms with E-state index in [9.17, 15) is 9.90 Å². The van der Waals surface area contributed by atoms with E-state index in [2.05, 4.69) is 4.98 Å². The predicted molar refractivity (Wildman–Crippen MR) is 90.2 cm³/mol. The first kappa shape index (κ1) is 15.4. The SMILES string of the molecule is CC(O)c1cnc(/C=C2\SC(=S)N(Cc3ccco3)C2=O)s1. The minimum Gasteiger partial charge on any atom is -0.467 e. The summed E-state index contributed by atoms with van der Waals surface area (Å²) in [6.45, 7) is 2.01. The number of thiazole rings is 1. The third-order valence-corrected chi connectivity index (χ3v) is 5.47. The van der Waals surface area contributed by atoms with Crippen molar-refractivity contribution in [2.45, 2.75) is 19.6 Å². The Morgan fingerprint density at radius 1 is 1.59 bits per heavy atom. The molecule has 5 nitrogen and oxygen atoms in total. The lowest BCUT2D eigenvalue weighted by Gasteiger charge is -2.11. The van der Waals surface area contributed by atoms with Gasteiger partial charge in [-0.1, -0.05) is 24.0 Å². The largest absolute Gasteiger partial charge is 0.467 e. The number of aromatic nitrogens is 1. The smallest absolute Gasteiger partial charge is 0.266 e. The number of aliphatic hydroxyl groups is 1. The molecule has 8 heteroatoms. The zero-order valence-corrected chi connectivity index (χ0v) is 14.0. The number of aliphatic hydroxyl groups excluding tert-OH is 1. The van der Waals surface area contributed by atoms with E-state index in [1.807, 2.05) is 0 Å². The lowest BCUT2D eigenvalue weighted by Crippen LogP contribution is -2.27. The lowest BCUT2D eigenvalue weighted by atomic mass is 10.4. The first-order valence-corrected chi connectivity index (χ1v) is 8.50. The van der Waals surface area contributed by atoms with Crippen molar-refractivity contribution in [2.75, 3.05) is 0 Å². The molecule has 1 aliphatic heterocycles. The summed E-state index contributed by atoms with van der Waals surface area (Å²) >= 11 is 7.86. The van der Waals surface area contributed by atoms with Crippen LogP contribution in [0.3, 0.4) is 0 Å². The minimum atomic E-state index is -0.562. The van der Waals surface area contributed by atoms with Gasteiger partial charge in [0.05, 0.1) is 28.7 Å². The highest BCUT2D eigenvalue weighted by molar-refractivity contribution is 8.26. The standard InChI is InChI=1S/C14H12N2O3S3/c1-8(17)11-6-15-12(21-11)5-10-13(18)16(14(20)22-10)7-9-3-2-4-19-9/h2-6,8,17H,7H2,1H3/b10-5-. The van der Waals surface area contributed by atoms with E-state index in [0.29, 0.717) is 26.5 Å². The number of furan rings is 1. The molecule has 1 N–H and O–H groups in total. The molecule has 1 amide bonds. The Labute approximate surface area is 140 Å². The van der Waals surface area contributed by atoms with Gasteiger partial charge in [0.15, 0.2) is 0 Å². The van der Waals surface area contributed by atoms with Gasteiger partial charge in [-0.25, -0.2) is 4.98 Å². The Balaban J connectivity index is 1.79. The summed E-state index contributed by atoms with van der Waals surface area (Å²) in [5, 5.41) is 10.2. The van der Waals surface area contributed by atoms with Gasteiger partial charge < -0.3 is 9.52 Å². The van der Waals surface area contributed by atoms with Crippen molar-refractivity contribution in [2.24, 2.45) is 0 Å². The monoisotopic (exact) mass is 352 g/mol. The summed E-state index contributed by atoms with van der Waals surface area (Å²) in [5.74, 6) is 0.531. The maximum Gasteiger partial charge on any atom is 0.266 e. The van der Waals surface area contributed by atoms with Crippen LogP contribution in [0.25, 0.3) is 6.08 Å². The van der Waals surface area contributed by atoms with Gasteiger partial charge in [-0.15, -0.1) is 11.3 Å². The molecular weight excluding hydrogens is 340 g/mol. The zero-order chi connectivity index (χ0) is 15.7. The fourth-order valence-electron chi connectivity index (χ4n) is 1.87. The van der Waals surface area contributed by atoms with Gasteiger partial charge in [0.1, 0.15) is 15.1 Å². The van der Waals surface area contributed by atoms with Crippen LogP contribution in [0.1, 0.15) is 28.7 Å². The van der Waals surface area contributed by atoms with Crippen molar-refractivity contribution in [3.63, 3.8) is 0 Å². The van der Waals surface area contributed by atoms with Crippen molar-refractivity contribution in [3.8, 4) is 0 Å². The van der Waals surface area contributed by atoms with Gasteiger partial charge >= 0.3 is 0 Å². The molecule has 1 atom stereocenters. The molecule has 22 heavy (non-hydrogen) atoms. The Hall–Kier alpha value is -1.48. The van der Waals surface area contributed by atoms with Crippen molar-refractivity contribution < 1.29 is 14.3 Å². The molecule has 1 aliphatic rings. The summed E-state index contributed by atoms with van der Waals surface area (Å²) < 4.78 is 5.75. The van der Waals surface area contributed by atoms with E-state index in [1.165, 1.54) is 28.0 Å². The summed E-state index contributed by atoms with van der Waals surface area (Å²) in [6.07, 6.45) is 4.33. The number of hydrogen-bond acceptors (Lipinski definition) is 7. The average molecular weight is 352 g/mol. The van der Waals surface area contributed by atoms with Gasteiger partial charge in [0, 0.05) is 6.20 Å². The van der Waals surface area contributed by atoms with E-state index in [4.69, 9.17) is 16.6 Å². The molecule has 3 heterocycles. The third-order valence-electron chi connectivity index (χ3n) is 2.98. The molecule has 1 unspecified atom stereocenters. The second kappa shape index (κ2) is 6.33. The highest BCUT2D eigenvalue weighted by Crippen LogP contribution is 2.34. The molecule has 114 valence electrons. The number of rotatable bonds is 4. The maximum absolute atomic E-state index is 12.4. The van der Waals surface area contributed by atoms with E-state index in [-0.39, 0.29) is 5.91 Å². The van der Waals surface area contributed by atoms with Crippen LogP contribution >= 0.6 is 35.3 Å². The van der Waals surface area contributed by atoms with Crippen LogP contribution in [0, 0.1) is 0 Å². The van der Waals surface area contributed by atoms with Crippen LogP contribution < -0.4 is 0 Å². The van der Waals surface area contributed by atoms with E-state index < -0.39 is 6.10 Å². The number of thioether (sulfide) groups is 1. The molecule has 3 rings (SSSR count). The highest BCUT2D eigenvalue weighted by Gasteiger charge is 2.32.